The fourth-order valence-corrected chi connectivity index (χ4v) is 3.52. The summed E-state index contributed by atoms with van der Waals surface area (Å²) in [4.78, 5) is 16.8. The van der Waals surface area contributed by atoms with Gasteiger partial charge < -0.3 is 14.5 Å². The number of amides is 1. The lowest BCUT2D eigenvalue weighted by molar-refractivity contribution is -0.120. The van der Waals surface area contributed by atoms with Gasteiger partial charge in [-0.25, -0.2) is 0 Å². The van der Waals surface area contributed by atoms with Crippen LogP contribution in [-0.2, 0) is 11.2 Å². The number of nitrogens with zero attached hydrogens (tertiary/aromatic N) is 2. The third-order valence-electron chi connectivity index (χ3n) is 4.78. The molecule has 25 heavy (non-hydrogen) atoms. The molecule has 0 bridgehead atoms. The number of carbonyl (C=O) groups excluding carboxylic acids is 1. The summed E-state index contributed by atoms with van der Waals surface area (Å²) in [5, 5.41) is 0. The standard InChI is InChI=1S/C21H26N2O2/c1-4-22(5-2)18-10-8-11-19(14-18)25-15-21(24)23-16(3)13-17-9-6-7-12-20(17)23/h6-12,14,16H,4-5,13,15H2,1-3H3/t16-/m1/s1. The van der Waals surface area contributed by atoms with E-state index >= 15 is 0 Å². The maximum atomic E-state index is 12.7. The Kier molecular flexibility index (Phi) is 5.27. The van der Waals surface area contributed by atoms with E-state index in [0.29, 0.717) is 0 Å². The van der Waals surface area contributed by atoms with Crippen molar-refractivity contribution in [3.8, 4) is 5.75 Å². The van der Waals surface area contributed by atoms with Crippen LogP contribution in [-0.4, -0.2) is 31.6 Å². The average molecular weight is 338 g/mol. The zero-order chi connectivity index (χ0) is 17.8. The Labute approximate surface area is 150 Å². The van der Waals surface area contributed by atoms with Gasteiger partial charge in [0.25, 0.3) is 5.91 Å². The number of hydrogen-bond donors (Lipinski definition) is 0. The average Bonchev–Trinajstić information content (AvgIpc) is 2.97. The van der Waals surface area contributed by atoms with Gasteiger partial charge in [-0.1, -0.05) is 24.3 Å². The second-order valence-electron chi connectivity index (χ2n) is 6.40. The number of fused-ring (bicyclic) bond motifs is 1. The first-order valence-corrected chi connectivity index (χ1v) is 9.01. The van der Waals surface area contributed by atoms with Gasteiger partial charge in [0.05, 0.1) is 0 Å². The quantitative estimate of drug-likeness (QED) is 0.801. The Morgan fingerprint density at radius 3 is 2.68 bits per heavy atom. The van der Waals surface area contributed by atoms with E-state index in [0.717, 1.165) is 36.6 Å². The van der Waals surface area contributed by atoms with Crippen molar-refractivity contribution in [1.29, 1.82) is 0 Å². The van der Waals surface area contributed by atoms with Crippen LogP contribution in [0.3, 0.4) is 0 Å². The predicted octanol–water partition coefficient (Wildman–Crippen LogP) is 3.89. The minimum Gasteiger partial charge on any atom is -0.484 e. The van der Waals surface area contributed by atoms with Gasteiger partial charge in [0, 0.05) is 36.6 Å². The van der Waals surface area contributed by atoms with Gasteiger partial charge in [0.1, 0.15) is 5.75 Å². The number of ether oxygens (including phenoxy) is 1. The lowest BCUT2D eigenvalue weighted by Crippen LogP contribution is -2.39. The Morgan fingerprint density at radius 1 is 1.16 bits per heavy atom. The Bertz CT molecular complexity index is 740. The zero-order valence-corrected chi connectivity index (χ0v) is 15.2. The smallest absolute Gasteiger partial charge is 0.265 e. The summed E-state index contributed by atoms with van der Waals surface area (Å²) in [6, 6.07) is 16.2. The van der Waals surface area contributed by atoms with Crippen LogP contribution in [0.1, 0.15) is 26.3 Å². The number of carbonyl (C=O) groups is 1. The first kappa shape index (κ1) is 17.3. The van der Waals surface area contributed by atoms with E-state index in [1.165, 1.54) is 5.56 Å². The molecule has 0 fully saturated rings. The van der Waals surface area contributed by atoms with Crippen molar-refractivity contribution >= 4 is 17.3 Å². The number of para-hydroxylation sites is 1. The van der Waals surface area contributed by atoms with Gasteiger partial charge in [-0.2, -0.15) is 0 Å². The highest BCUT2D eigenvalue weighted by Gasteiger charge is 2.30. The lowest BCUT2D eigenvalue weighted by atomic mass is 10.1. The van der Waals surface area contributed by atoms with Crippen LogP contribution in [0.5, 0.6) is 5.75 Å². The molecule has 1 amide bonds. The Morgan fingerprint density at radius 2 is 1.92 bits per heavy atom. The minimum atomic E-state index is 0.00527. The fourth-order valence-electron chi connectivity index (χ4n) is 3.52. The van der Waals surface area contributed by atoms with Crippen molar-refractivity contribution in [3.05, 3.63) is 54.1 Å². The van der Waals surface area contributed by atoms with Crippen molar-refractivity contribution in [1.82, 2.24) is 0 Å². The molecule has 132 valence electrons. The van der Waals surface area contributed by atoms with E-state index in [4.69, 9.17) is 4.74 Å². The SMILES string of the molecule is CCN(CC)c1cccc(OCC(=O)N2c3ccccc3C[C@H]2C)c1. The predicted molar refractivity (Wildman–Crippen MR) is 103 cm³/mol. The van der Waals surface area contributed by atoms with Crippen molar-refractivity contribution in [2.75, 3.05) is 29.5 Å². The number of benzene rings is 2. The molecule has 0 unspecified atom stereocenters. The van der Waals surface area contributed by atoms with Gasteiger partial charge in [0.15, 0.2) is 6.61 Å². The van der Waals surface area contributed by atoms with E-state index in [9.17, 15) is 4.79 Å². The zero-order valence-electron chi connectivity index (χ0n) is 15.2. The van der Waals surface area contributed by atoms with E-state index < -0.39 is 0 Å². The van der Waals surface area contributed by atoms with Crippen LogP contribution in [0.15, 0.2) is 48.5 Å². The summed E-state index contributed by atoms with van der Waals surface area (Å²) in [5.41, 5.74) is 3.36. The van der Waals surface area contributed by atoms with Crippen LogP contribution in [0.4, 0.5) is 11.4 Å². The molecule has 0 spiro atoms. The Hall–Kier alpha value is -2.49. The molecule has 1 aliphatic heterocycles. The summed E-state index contributed by atoms with van der Waals surface area (Å²) in [6.45, 7) is 8.29. The molecular formula is C21H26N2O2. The van der Waals surface area contributed by atoms with Gasteiger partial charge in [-0.3, -0.25) is 4.79 Å². The van der Waals surface area contributed by atoms with E-state index in [-0.39, 0.29) is 18.6 Å². The topological polar surface area (TPSA) is 32.8 Å². The second kappa shape index (κ2) is 7.60. The number of hydrogen-bond acceptors (Lipinski definition) is 3. The molecule has 0 saturated carbocycles. The second-order valence-corrected chi connectivity index (χ2v) is 6.40. The molecule has 1 aliphatic rings. The van der Waals surface area contributed by atoms with E-state index in [1.807, 2.05) is 41.3 Å². The molecule has 0 aliphatic carbocycles. The van der Waals surface area contributed by atoms with Gasteiger partial charge in [-0.15, -0.1) is 0 Å². The van der Waals surface area contributed by atoms with Crippen LogP contribution in [0.25, 0.3) is 0 Å². The summed E-state index contributed by atoms with van der Waals surface area (Å²) >= 11 is 0. The van der Waals surface area contributed by atoms with Crippen LogP contribution in [0.2, 0.25) is 0 Å². The molecule has 1 heterocycles. The normalized spacial score (nSPS) is 15.8. The molecule has 0 aromatic heterocycles. The maximum absolute atomic E-state index is 12.7. The largest absolute Gasteiger partial charge is 0.484 e. The van der Waals surface area contributed by atoms with Crippen molar-refractivity contribution in [3.63, 3.8) is 0 Å². The van der Waals surface area contributed by atoms with Gasteiger partial charge >= 0.3 is 0 Å². The molecular weight excluding hydrogens is 312 g/mol. The molecule has 1 atom stereocenters. The van der Waals surface area contributed by atoms with Gasteiger partial charge in [-0.05, 0) is 51.0 Å². The molecule has 0 radical (unpaired) electrons. The maximum Gasteiger partial charge on any atom is 0.265 e. The van der Waals surface area contributed by atoms with E-state index in [2.05, 4.69) is 37.8 Å². The minimum absolute atomic E-state index is 0.00527. The van der Waals surface area contributed by atoms with Crippen LogP contribution < -0.4 is 14.5 Å². The lowest BCUT2D eigenvalue weighted by Gasteiger charge is -2.23. The van der Waals surface area contributed by atoms with Crippen molar-refractivity contribution in [2.45, 2.75) is 33.2 Å². The highest BCUT2D eigenvalue weighted by atomic mass is 16.5. The van der Waals surface area contributed by atoms with Crippen molar-refractivity contribution in [2.24, 2.45) is 0 Å². The number of rotatable bonds is 6. The molecule has 2 aromatic rings. The summed E-state index contributed by atoms with van der Waals surface area (Å²) in [7, 11) is 0. The van der Waals surface area contributed by atoms with Crippen molar-refractivity contribution < 1.29 is 9.53 Å². The van der Waals surface area contributed by atoms with Crippen LogP contribution >= 0.6 is 0 Å². The number of anilines is 2. The van der Waals surface area contributed by atoms with Crippen LogP contribution in [0, 0.1) is 0 Å². The van der Waals surface area contributed by atoms with Gasteiger partial charge in [0.2, 0.25) is 0 Å². The molecule has 4 nitrogen and oxygen atoms in total. The molecule has 0 N–H and O–H groups in total. The highest BCUT2D eigenvalue weighted by Crippen LogP contribution is 2.32. The monoisotopic (exact) mass is 338 g/mol. The summed E-state index contributed by atoms with van der Waals surface area (Å²) in [6.07, 6.45) is 0.902. The molecule has 3 rings (SSSR count). The third kappa shape index (κ3) is 3.63. The highest BCUT2D eigenvalue weighted by molar-refractivity contribution is 5.97. The molecule has 4 heteroatoms. The first-order valence-electron chi connectivity index (χ1n) is 9.01. The summed E-state index contributed by atoms with van der Waals surface area (Å²) < 4.78 is 5.81. The Balaban J connectivity index is 1.68. The summed E-state index contributed by atoms with van der Waals surface area (Å²) in [5.74, 6) is 0.739. The molecule has 2 aromatic carbocycles. The molecule has 0 saturated heterocycles. The third-order valence-corrected chi connectivity index (χ3v) is 4.78. The first-order chi connectivity index (χ1) is 12.1. The fraction of sp³-hybridized carbons (Fsp3) is 0.381. The van der Waals surface area contributed by atoms with E-state index in [1.54, 1.807) is 0 Å².